The zero-order chi connectivity index (χ0) is 13.8. The van der Waals surface area contributed by atoms with Gasteiger partial charge < -0.3 is 9.47 Å². The molecule has 1 aliphatic rings. The highest BCUT2D eigenvalue weighted by Gasteiger charge is 2.28. The zero-order valence-corrected chi connectivity index (χ0v) is 11.1. The van der Waals surface area contributed by atoms with Crippen LogP contribution in [0.3, 0.4) is 0 Å². The second-order valence-electron chi connectivity index (χ2n) is 4.54. The first-order chi connectivity index (χ1) is 9.11. The second kappa shape index (κ2) is 5.87. The average Bonchev–Trinajstić information content (AvgIpc) is 2.81. The molecule has 0 unspecified atom stereocenters. The van der Waals surface area contributed by atoms with Gasteiger partial charge in [-0.15, -0.1) is 0 Å². The molecule has 3 nitrogen and oxygen atoms in total. The summed E-state index contributed by atoms with van der Waals surface area (Å²) in [5, 5.41) is 0. The molecule has 0 saturated heterocycles. The topological polar surface area (TPSA) is 35.5 Å². The lowest BCUT2D eigenvalue weighted by Gasteiger charge is -2.20. The Kier molecular flexibility index (Phi) is 4.20. The highest BCUT2D eigenvalue weighted by molar-refractivity contribution is 5.60. The lowest BCUT2D eigenvalue weighted by molar-refractivity contribution is 0.0253. The summed E-state index contributed by atoms with van der Waals surface area (Å²) in [6.07, 6.45) is 3.67. The third-order valence-electron chi connectivity index (χ3n) is 3.19. The van der Waals surface area contributed by atoms with Gasteiger partial charge in [-0.1, -0.05) is 24.3 Å². The van der Waals surface area contributed by atoms with Crippen LogP contribution in [0.25, 0.3) is 0 Å². The van der Waals surface area contributed by atoms with Crippen LogP contribution < -0.4 is 0 Å². The largest absolute Gasteiger partial charge is 0.508 e. The molecule has 0 fully saturated rings. The third kappa shape index (κ3) is 3.13. The van der Waals surface area contributed by atoms with Crippen LogP contribution in [-0.2, 0) is 9.47 Å². The smallest absolute Gasteiger partial charge is 0.435 e. The predicted molar refractivity (Wildman–Crippen MR) is 69.5 cm³/mol. The van der Waals surface area contributed by atoms with Gasteiger partial charge in [-0.3, -0.25) is 0 Å². The molecule has 102 valence electrons. The molecular formula is C15H17FO3. The Hall–Kier alpha value is -1.84. The highest BCUT2D eigenvalue weighted by Crippen LogP contribution is 2.32. The molecule has 0 aromatic heterocycles. The van der Waals surface area contributed by atoms with Crippen molar-refractivity contribution in [2.45, 2.75) is 32.3 Å². The van der Waals surface area contributed by atoms with Gasteiger partial charge in [0.05, 0.1) is 6.61 Å². The fraction of sp³-hybridized carbons (Fsp3) is 0.400. The van der Waals surface area contributed by atoms with Gasteiger partial charge >= 0.3 is 6.16 Å². The number of rotatable bonds is 3. The van der Waals surface area contributed by atoms with Crippen LogP contribution in [0, 0.1) is 12.7 Å². The quantitative estimate of drug-likeness (QED) is 0.616. The first-order valence-corrected chi connectivity index (χ1v) is 6.38. The maximum atomic E-state index is 13.3. The average molecular weight is 264 g/mol. The van der Waals surface area contributed by atoms with E-state index in [9.17, 15) is 9.18 Å². The predicted octanol–water partition coefficient (Wildman–Crippen LogP) is 3.72. The molecule has 1 aromatic rings. The van der Waals surface area contributed by atoms with Gasteiger partial charge in [0.25, 0.3) is 0 Å². The Morgan fingerprint density at radius 1 is 1.47 bits per heavy atom. The number of ether oxygens (including phenoxy) is 2. The molecule has 2 atom stereocenters. The molecule has 1 aromatic carbocycles. The standard InChI is InChI=1S/C15H17FO3/c1-3-18-15(17)19-14-6-4-5-12(14)11-7-8-13(16)10(2)9-11/h4-5,7-9,12,14H,3,6H2,1-2H3/t12-,14+/m0/s1. The van der Waals surface area contributed by atoms with Gasteiger partial charge in [-0.05, 0) is 31.0 Å². The molecule has 19 heavy (non-hydrogen) atoms. The van der Waals surface area contributed by atoms with E-state index in [-0.39, 0.29) is 17.8 Å². The molecule has 2 rings (SSSR count). The fourth-order valence-corrected chi connectivity index (χ4v) is 2.23. The van der Waals surface area contributed by atoms with Crippen molar-refractivity contribution in [3.63, 3.8) is 0 Å². The summed E-state index contributed by atoms with van der Waals surface area (Å²) in [6.45, 7) is 3.74. The second-order valence-corrected chi connectivity index (χ2v) is 4.54. The van der Waals surface area contributed by atoms with Crippen molar-refractivity contribution in [1.82, 2.24) is 0 Å². The Bertz CT molecular complexity index is 496. The maximum Gasteiger partial charge on any atom is 0.508 e. The molecule has 0 amide bonds. The fourth-order valence-electron chi connectivity index (χ4n) is 2.23. The molecule has 0 saturated carbocycles. The van der Waals surface area contributed by atoms with Gasteiger partial charge in [-0.2, -0.15) is 0 Å². The molecule has 0 spiro atoms. The van der Waals surface area contributed by atoms with Crippen molar-refractivity contribution >= 4 is 6.16 Å². The summed E-state index contributed by atoms with van der Waals surface area (Å²) in [5.41, 5.74) is 1.54. The van der Waals surface area contributed by atoms with E-state index in [4.69, 9.17) is 9.47 Å². The zero-order valence-electron chi connectivity index (χ0n) is 11.1. The lowest BCUT2D eigenvalue weighted by atomic mass is 9.95. The summed E-state index contributed by atoms with van der Waals surface area (Å²) in [7, 11) is 0. The van der Waals surface area contributed by atoms with Crippen molar-refractivity contribution in [3.05, 3.63) is 47.3 Å². The van der Waals surface area contributed by atoms with Crippen LogP contribution in [0.5, 0.6) is 0 Å². The number of benzene rings is 1. The van der Waals surface area contributed by atoms with Crippen LogP contribution in [-0.4, -0.2) is 18.9 Å². The number of carbonyl (C=O) groups excluding carboxylic acids is 1. The van der Waals surface area contributed by atoms with E-state index >= 15 is 0 Å². The lowest BCUT2D eigenvalue weighted by Crippen LogP contribution is -2.22. The van der Waals surface area contributed by atoms with Crippen LogP contribution >= 0.6 is 0 Å². The van der Waals surface area contributed by atoms with Crippen molar-refractivity contribution < 1.29 is 18.7 Å². The first-order valence-electron chi connectivity index (χ1n) is 6.38. The van der Waals surface area contributed by atoms with Crippen molar-refractivity contribution in [1.29, 1.82) is 0 Å². The Labute approximate surface area is 112 Å². The monoisotopic (exact) mass is 264 g/mol. The van der Waals surface area contributed by atoms with E-state index < -0.39 is 6.16 Å². The van der Waals surface area contributed by atoms with E-state index in [2.05, 4.69) is 0 Å². The summed E-state index contributed by atoms with van der Waals surface area (Å²) in [6, 6.07) is 4.96. The SMILES string of the molecule is CCOC(=O)O[C@@H]1CC=C[C@H]1c1ccc(F)c(C)c1. The van der Waals surface area contributed by atoms with Crippen LogP contribution in [0.15, 0.2) is 30.4 Å². The van der Waals surface area contributed by atoms with E-state index in [1.165, 1.54) is 6.07 Å². The van der Waals surface area contributed by atoms with E-state index in [1.807, 2.05) is 12.2 Å². The van der Waals surface area contributed by atoms with Crippen LogP contribution in [0.4, 0.5) is 9.18 Å². The van der Waals surface area contributed by atoms with Crippen LogP contribution in [0.1, 0.15) is 30.4 Å². The van der Waals surface area contributed by atoms with Crippen molar-refractivity contribution in [2.24, 2.45) is 0 Å². The molecule has 0 radical (unpaired) electrons. The number of carbonyl (C=O) groups is 1. The molecule has 0 N–H and O–H groups in total. The summed E-state index contributed by atoms with van der Waals surface area (Å²) in [4.78, 5) is 11.4. The van der Waals surface area contributed by atoms with Crippen LogP contribution in [0.2, 0.25) is 0 Å². The highest BCUT2D eigenvalue weighted by atomic mass is 19.1. The van der Waals surface area contributed by atoms with Crippen molar-refractivity contribution in [2.75, 3.05) is 6.61 Å². The minimum Gasteiger partial charge on any atom is -0.435 e. The maximum absolute atomic E-state index is 13.3. The van der Waals surface area contributed by atoms with Gasteiger partial charge in [0.15, 0.2) is 0 Å². The van der Waals surface area contributed by atoms with E-state index in [0.29, 0.717) is 18.6 Å². The molecule has 4 heteroatoms. The van der Waals surface area contributed by atoms with E-state index in [1.54, 1.807) is 26.0 Å². The molecular weight excluding hydrogens is 247 g/mol. The number of halogens is 1. The van der Waals surface area contributed by atoms with Gasteiger partial charge in [0, 0.05) is 12.3 Å². The Balaban J connectivity index is 2.11. The van der Waals surface area contributed by atoms with Gasteiger partial charge in [0.2, 0.25) is 0 Å². The van der Waals surface area contributed by atoms with Crippen molar-refractivity contribution in [3.8, 4) is 0 Å². The molecule has 0 aliphatic heterocycles. The molecule has 1 aliphatic carbocycles. The summed E-state index contributed by atoms with van der Waals surface area (Å²) >= 11 is 0. The number of aryl methyl sites for hydroxylation is 1. The van der Waals surface area contributed by atoms with Gasteiger partial charge in [0.1, 0.15) is 11.9 Å². The number of hydrogen-bond acceptors (Lipinski definition) is 3. The third-order valence-corrected chi connectivity index (χ3v) is 3.19. The van der Waals surface area contributed by atoms with E-state index in [0.717, 1.165) is 5.56 Å². The first kappa shape index (κ1) is 13.6. The molecule has 0 bridgehead atoms. The minimum atomic E-state index is -0.653. The Morgan fingerprint density at radius 2 is 2.26 bits per heavy atom. The Morgan fingerprint density at radius 3 is 2.95 bits per heavy atom. The minimum absolute atomic E-state index is 0.0382. The summed E-state index contributed by atoms with van der Waals surface area (Å²) in [5.74, 6) is -0.266. The summed E-state index contributed by atoms with van der Waals surface area (Å²) < 4.78 is 23.3. The molecule has 0 heterocycles. The normalized spacial score (nSPS) is 21.4. The van der Waals surface area contributed by atoms with Gasteiger partial charge in [-0.25, -0.2) is 9.18 Å². The number of hydrogen-bond donors (Lipinski definition) is 0.